The predicted molar refractivity (Wildman–Crippen MR) is 111 cm³/mol. The number of methoxy groups -OCH3 is 1. The number of aliphatic hydroxyl groups excluding tert-OH is 1. The molecule has 0 spiro atoms. The maximum Gasteiger partial charge on any atom is 0.256 e. The van der Waals surface area contributed by atoms with Crippen molar-refractivity contribution in [1.29, 1.82) is 0 Å². The number of furan rings is 1. The van der Waals surface area contributed by atoms with E-state index in [1.54, 1.807) is 44.5 Å². The summed E-state index contributed by atoms with van der Waals surface area (Å²) >= 11 is 0. The van der Waals surface area contributed by atoms with Gasteiger partial charge in [0.1, 0.15) is 29.2 Å². The van der Waals surface area contributed by atoms with Crippen LogP contribution in [0, 0.1) is 6.92 Å². The van der Waals surface area contributed by atoms with E-state index < -0.39 is 24.0 Å². The van der Waals surface area contributed by atoms with Gasteiger partial charge in [-0.1, -0.05) is 0 Å². The number of aliphatic hydroxyl groups is 1. The minimum Gasteiger partial charge on any atom is -0.489 e. The fourth-order valence-corrected chi connectivity index (χ4v) is 3.71. The number of aromatic nitrogens is 1. The molecule has 4 rings (SSSR count). The molecule has 1 atom stereocenters. The minimum atomic E-state index is -1.34. The van der Waals surface area contributed by atoms with Gasteiger partial charge in [0.15, 0.2) is 0 Å². The van der Waals surface area contributed by atoms with Gasteiger partial charge in [-0.05, 0) is 43.7 Å². The van der Waals surface area contributed by atoms with Crippen molar-refractivity contribution in [3.63, 3.8) is 0 Å². The van der Waals surface area contributed by atoms with E-state index in [2.05, 4.69) is 15.6 Å². The van der Waals surface area contributed by atoms with Crippen LogP contribution < -0.4 is 20.1 Å². The zero-order valence-corrected chi connectivity index (χ0v) is 17.2. The highest BCUT2D eigenvalue weighted by Gasteiger charge is 2.44. The first-order valence-electron chi connectivity index (χ1n) is 9.83. The fraction of sp³-hybridized carbons (Fsp3) is 0.318. The predicted octanol–water partition coefficient (Wildman–Crippen LogP) is 1.70. The van der Waals surface area contributed by atoms with E-state index in [-0.39, 0.29) is 6.61 Å². The zero-order chi connectivity index (χ0) is 22.0. The van der Waals surface area contributed by atoms with E-state index in [0.29, 0.717) is 46.9 Å². The van der Waals surface area contributed by atoms with Crippen molar-refractivity contribution in [2.75, 3.05) is 20.3 Å². The van der Waals surface area contributed by atoms with Crippen LogP contribution >= 0.6 is 0 Å². The maximum absolute atomic E-state index is 13.1. The number of pyridine rings is 1. The lowest BCUT2D eigenvalue weighted by atomic mass is 9.97. The average Bonchev–Trinajstić information content (AvgIpc) is 3.30. The number of hydrogen-bond acceptors (Lipinski definition) is 7. The first kappa shape index (κ1) is 20.7. The Morgan fingerprint density at radius 3 is 2.94 bits per heavy atom. The molecule has 3 aromatic rings. The van der Waals surface area contributed by atoms with Gasteiger partial charge in [-0.15, -0.1) is 0 Å². The van der Waals surface area contributed by atoms with Crippen LogP contribution in [0.2, 0.25) is 0 Å². The highest BCUT2D eigenvalue weighted by molar-refractivity contribution is 6.09. The summed E-state index contributed by atoms with van der Waals surface area (Å²) in [5.41, 5.74) is 0.260. The second kappa shape index (κ2) is 8.27. The van der Waals surface area contributed by atoms with Gasteiger partial charge in [-0.2, -0.15) is 0 Å². The molecule has 1 aromatic carbocycles. The van der Waals surface area contributed by atoms with Gasteiger partial charge in [0.25, 0.3) is 5.91 Å². The summed E-state index contributed by atoms with van der Waals surface area (Å²) in [6.45, 7) is 1.81. The van der Waals surface area contributed by atoms with Crippen molar-refractivity contribution in [3.05, 3.63) is 53.4 Å². The first-order valence-corrected chi connectivity index (χ1v) is 9.83. The molecule has 0 saturated carbocycles. The van der Waals surface area contributed by atoms with Crippen molar-refractivity contribution >= 4 is 22.8 Å². The van der Waals surface area contributed by atoms with Gasteiger partial charge >= 0.3 is 0 Å². The van der Waals surface area contributed by atoms with E-state index >= 15 is 0 Å². The molecule has 0 radical (unpaired) electrons. The largest absolute Gasteiger partial charge is 0.489 e. The lowest BCUT2D eigenvalue weighted by molar-refractivity contribution is -0.125. The molecular formula is C22H23N3O6. The number of rotatable bonds is 7. The normalized spacial score (nSPS) is 18.1. The highest BCUT2D eigenvalue weighted by atomic mass is 16.5. The molecule has 2 aromatic heterocycles. The number of carbonyl (C=O) groups excluding carboxylic acids is 2. The Kier molecular flexibility index (Phi) is 5.51. The monoisotopic (exact) mass is 425 g/mol. The Morgan fingerprint density at radius 2 is 2.23 bits per heavy atom. The number of ether oxygens (including phenoxy) is 2. The van der Waals surface area contributed by atoms with E-state index in [1.807, 2.05) is 6.07 Å². The topological polar surface area (TPSA) is 123 Å². The summed E-state index contributed by atoms with van der Waals surface area (Å²) in [6, 6.07) is 8.83. The van der Waals surface area contributed by atoms with Crippen LogP contribution in [0.4, 0.5) is 0 Å². The summed E-state index contributed by atoms with van der Waals surface area (Å²) in [4.78, 5) is 29.4. The van der Waals surface area contributed by atoms with Crippen LogP contribution in [0.1, 0.15) is 28.1 Å². The second-order valence-corrected chi connectivity index (χ2v) is 7.35. The third-order valence-corrected chi connectivity index (χ3v) is 5.39. The molecule has 2 amide bonds. The molecule has 3 N–H and O–H groups in total. The van der Waals surface area contributed by atoms with Crippen LogP contribution in [0.25, 0.3) is 11.0 Å². The summed E-state index contributed by atoms with van der Waals surface area (Å²) in [7, 11) is 1.54. The molecular weight excluding hydrogens is 402 g/mol. The highest BCUT2D eigenvalue weighted by Crippen LogP contribution is 2.30. The number of hydrogen-bond donors (Lipinski definition) is 3. The Balaban J connectivity index is 1.60. The van der Waals surface area contributed by atoms with Crippen molar-refractivity contribution in [2.24, 2.45) is 0 Å². The number of amides is 2. The van der Waals surface area contributed by atoms with Crippen LogP contribution in [0.3, 0.4) is 0 Å². The number of aryl methyl sites for hydroxylation is 1. The number of nitrogens with zero attached hydrogens (tertiary/aromatic N) is 1. The first-order chi connectivity index (χ1) is 15.0. The van der Waals surface area contributed by atoms with E-state index in [1.165, 1.54) is 0 Å². The zero-order valence-electron chi connectivity index (χ0n) is 17.2. The number of benzene rings is 1. The quantitative estimate of drug-likeness (QED) is 0.527. The fourth-order valence-electron chi connectivity index (χ4n) is 3.71. The van der Waals surface area contributed by atoms with Crippen LogP contribution in [-0.4, -0.2) is 47.7 Å². The molecule has 31 heavy (non-hydrogen) atoms. The molecule has 1 saturated heterocycles. The van der Waals surface area contributed by atoms with Gasteiger partial charge in [-0.3, -0.25) is 9.59 Å². The Morgan fingerprint density at radius 1 is 1.39 bits per heavy atom. The number of nitrogens with one attached hydrogen (secondary N) is 2. The molecule has 0 bridgehead atoms. The van der Waals surface area contributed by atoms with Crippen molar-refractivity contribution in [3.8, 4) is 11.6 Å². The molecule has 162 valence electrons. The molecule has 3 heterocycles. The molecule has 1 unspecified atom stereocenters. The number of fused-ring (bicyclic) bond motifs is 1. The summed E-state index contributed by atoms with van der Waals surface area (Å²) < 4.78 is 16.8. The van der Waals surface area contributed by atoms with E-state index in [0.717, 1.165) is 5.56 Å². The summed E-state index contributed by atoms with van der Waals surface area (Å²) in [5.74, 6) is 0.525. The molecule has 9 nitrogen and oxygen atoms in total. The van der Waals surface area contributed by atoms with Crippen molar-refractivity contribution in [1.82, 2.24) is 15.6 Å². The van der Waals surface area contributed by atoms with Gasteiger partial charge in [-0.25, -0.2) is 4.98 Å². The van der Waals surface area contributed by atoms with Crippen molar-refractivity contribution in [2.45, 2.75) is 25.5 Å². The van der Waals surface area contributed by atoms with Gasteiger partial charge in [0.2, 0.25) is 11.8 Å². The second-order valence-electron chi connectivity index (χ2n) is 7.35. The molecule has 0 aliphatic carbocycles. The van der Waals surface area contributed by atoms with Crippen LogP contribution in [0.15, 0.2) is 40.9 Å². The third kappa shape index (κ3) is 3.79. The summed E-state index contributed by atoms with van der Waals surface area (Å²) in [6.07, 6.45) is 1.95. The van der Waals surface area contributed by atoms with Crippen LogP contribution in [0.5, 0.6) is 11.6 Å². The SMILES string of the molecule is COc1ncccc1COc1ccc2oc(C)c(C(=O)NC3(CO)CCNC3=O)c2c1. The summed E-state index contributed by atoms with van der Waals surface area (Å²) in [5, 5.41) is 15.6. The van der Waals surface area contributed by atoms with E-state index in [4.69, 9.17) is 13.9 Å². The average molecular weight is 425 g/mol. The van der Waals surface area contributed by atoms with Gasteiger partial charge in [0.05, 0.1) is 24.8 Å². The molecule has 1 aliphatic heterocycles. The molecule has 1 aliphatic rings. The maximum atomic E-state index is 13.1. The molecule has 9 heteroatoms. The van der Waals surface area contributed by atoms with Gasteiger partial charge in [0, 0.05) is 18.1 Å². The van der Waals surface area contributed by atoms with E-state index in [9.17, 15) is 14.7 Å². The Bertz CT molecular complexity index is 1140. The van der Waals surface area contributed by atoms with Crippen molar-refractivity contribution < 1.29 is 28.6 Å². The third-order valence-electron chi connectivity index (χ3n) is 5.39. The standard InChI is InChI=1S/C22H23N3O6/c1-13-18(19(27)25-22(12-26)7-9-24-21(22)28)16-10-15(5-6-17(16)31-13)30-11-14-4-3-8-23-20(14)29-2/h3-6,8,10,26H,7,9,11-12H2,1-2H3,(H,24,28)(H,25,27). The Hall–Kier alpha value is -3.59. The lowest BCUT2D eigenvalue weighted by Gasteiger charge is -2.24. The minimum absolute atomic E-state index is 0.231. The lowest BCUT2D eigenvalue weighted by Crippen LogP contribution is -2.56. The van der Waals surface area contributed by atoms with Gasteiger partial charge < -0.3 is 29.6 Å². The van der Waals surface area contributed by atoms with Crippen LogP contribution in [-0.2, 0) is 11.4 Å². The Labute approximate surface area is 178 Å². The smallest absolute Gasteiger partial charge is 0.256 e. The number of carbonyl (C=O) groups is 2. The molecule has 1 fully saturated rings.